The molecule has 0 amide bonds. The number of nitrogens with zero attached hydrogens (tertiary/aromatic N) is 2. The molecular formula is C10H8F3N3O2. The number of hydrogen-bond donors (Lipinski definition) is 1. The summed E-state index contributed by atoms with van der Waals surface area (Å²) in [4.78, 5) is 21.4. The predicted octanol–water partition coefficient (Wildman–Crippen LogP) is 1.65. The van der Waals surface area contributed by atoms with Crippen molar-refractivity contribution in [2.24, 2.45) is 0 Å². The number of rotatable bonds is 3. The summed E-state index contributed by atoms with van der Waals surface area (Å²) in [6.45, 7) is -0.599. The number of aromatic nitrogens is 3. The molecule has 0 aliphatic heterocycles. The van der Waals surface area contributed by atoms with Crippen LogP contribution < -0.4 is 10.3 Å². The first-order valence-corrected chi connectivity index (χ1v) is 4.99. The second kappa shape index (κ2) is 4.63. The second-order valence-electron chi connectivity index (χ2n) is 3.48. The van der Waals surface area contributed by atoms with E-state index in [4.69, 9.17) is 4.74 Å². The summed E-state index contributed by atoms with van der Waals surface area (Å²) < 4.78 is 40.5. The van der Waals surface area contributed by atoms with Gasteiger partial charge in [-0.15, -0.1) is 0 Å². The summed E-state index contributed by atoms with van der Waals surface area (Å²) in [5, 5.41) is 0.299. The Bertz CT molecular complexity index is 609. The number of nitrogens with one attached hydrogen (secondary N) is 1. The number of aromatic amines is 1. The molecule has 0 aliphatic carbocycles. The van der Waals surface area contributed by atoms with E-state index in [1.165, 1.54) is 18.5 Å². The fourth-order valence-corrected chi connectivity index (χ4v) is 1.30. The minimum absolute atomic E-state index is 0.246. The zero-order chi connectivity index (χ0) is 13.2. The second-order valence-corrected chi connectivity index (χ2v) is 3.48. The van der Waals surface area contributed by atoms with Gasteiger partial charge < -0.3 is 4.74 Å². The molecule has 2 aromatic heterocycles. The van der Waals surface area contributed by atoms with Crippen LogP contribution in [0.3, 0.4) is 0 Å². The Hall–Kier alpha value is -2.12. The van der Waals surface area contributed by atoms with Crippen LogP contribution in [0, 0.1) is 0 Å². The van der Waals surface area contributed by atoms with Gasteiger partial charge in [0.25, 0.3) is 11.6 Å². The zero-order valence-corrected chi connectivity index (χ0v) is 8.99. The molecule has 0 aromatic carbocycles. The van der Waals surface area contributed by atoms with Crippen molar-refractivity contribution < 1.29 is 17.9 Å². The van der Waals surface area contributed by atoms with Crippen molar-refractivity contribution in [3.63, 3.8) is 0 Å². The number of halogens is 3. The van der Waals surface area contributed by atoms with Gasteiger partial charge in [-0.25, -0.2) is 0 Å². The van der Waals surface area contributed by atoms with Crippen molar-refractivity contribution in [2.45, 2.75) is 12.6 Å². The van der Waals surface area contributed by atoms with E-state index in [9.17, 15) is 18.0 Å². The third-order valence-corrected chi connectivity index (χ3v) is 2.11. The molecule has 8 heteroatoms. The molecule has 1 N–H and O–H groups in total. The molecule has 0 radical (unpaired) electrons. The van der Waals surface area contributed by atoms with Crippen LogP contribution in [0.5, 0.6) is 6.01 Å². The van der Waals surface area contributed by atoms with Crippen molar-refractivity contribution in [3.05, 3.63) is 28.8 Å². The molecule has 0 saturated carbocycles. The number of alkyl halides is 3. The van der Waals surface area contributed by atoms with Gasteiger partial charge in [0.2, 0.25) is 0 Å². The monoisotopic (exact) mass is 259 g/mol. The van der Waals surface area contributed by atoms with Gasteiger partial charge in [-0.05, 0) is 6.07 Å². The lowest BCUT2D eigenvalue weighted by Crippen LogP contribution is -2.16. The average Bonchev–Trinajstić information content (AvgIpc) is 2.27. The molecule has 0 spiro atoms. The fraction of sp³-hybridized carbons (Fsp3) is 0.300. The van der Waals surface area contributed by atoms with Gasteiger partial charge >= 0.3 is 6.18 Å². The van der Waals surface area contributed by atoms with Crippen LogP contribution in [0.2, 0.25) is 0 Å². The molecule has 2 aromatic rings. The maximum absolute atomic E-state index is 11.9. The van der Waals surface area contributed by atoms with Gasteiger partial charge in [0.15, 0.2) is 0 Å². The van der Waals surface area contributed by atoms with E-state index in [2.05, 4.69) is 15.0 Å². The van der Waals surface area contributed by atoms with Gasteiger partial charge in [-0.2, -0.15) is 18.2 Å². The number of hydrogen-bond acceptors (Lipinski definition) is 4. The van der Waals surface area contributed by atoms with Crippen molar-refractivity contribution in [2.75, 3.05) is 6.61 Å². The third-order valence-electron chi connectivity index (χ3n) is 2.11. The number of pyridine rings is 1. The lowest BCUT2D eigenvalue weighted by molar-refractivity contribution is -0.139. The molecule has 18 heavy (non-hydrogen) atoms. The topological polar surface area (TPSA) is 67.9 Å². The number of ether oxygens (including phenoxy) is 1. The first-order valence-electron chi connectivity index (χ1n) is 4.99. The highest BCUT2D eigenvalue weighted by Gasteiger charge is 2.27. The fourth-order valence-electron chi connectivity index (χ4n) is 1.30. The molecule has 0 bridgehead atoms. The molecule has 0 unspecified atom stereocenters. The lowest BCUT2D eigenvalue weighted by atomic mass is 10.3. The SMILES string of the molecule is O=c1[nH]c(OCCC(F)(F)F)nc2cnccc12. The van der Waals surface area contributed by atoms with E-state index < -0.39 is 24.8 Å². The minimum Gasteiger partial charge on any atom is -0.464 e. The van der Waals surface area contributed by atoms with Crippen LogP contribution in [0.4, 0.5) is 13.2 Å². The van der Waals surface area contributed by atoms with Gasteiger partial charge in [0.05, 0.1) is 23.5 Å². The Labute approximate surface area is 98.6 Å². The first kappa shape index (κ1) is 12.3. The molecule has 2 heterocycles. The zero-order valence-electron chi connectivity index (χ0n) is 8.99. The smallest absolute Gasteiger partial charge is 0.392 e. The van der Waals surface area contributed by atoms with E-state index in [1.54, 1.807) is 0 Å². The van der Waals surface area contributed by atoms with E-state index in [1.807, 2.05) is 0 Å². The van der Waals surface area contributed by atoms with Crippen molar-refractivity contribution in [3.8, 4) is 6.01 Å². The number of H-pyrrole nitrogens is 1. The largest absolute Gasteiger partial charge is 0.464 e. The van der Waals surface area contributed by atoms with Crippen LogP contribution in [0.15, 0.2) is 23.3 Å². The Morgan fingerprint density at radius 1 is 1.39 bits per heavy atom. The van der Waals surface area contributed by atoms with Crippen LogP contribution >= 0.6 is 0 Å². The predicted molar refractivity (Wildman–Crippen MR) is 56.3 cm³/mol. The maximum atomic E-state index is 11.9. The summed E-state index contributed by atoms with van der Waals surface area (Å²) in [7, 11) is 0. The molecule has 0 aliphatic rings. The van der Waals surface area contributed by atoms with Crippen molar-refractivity contribution in [1.82, 2.24) is 15.0 Å². The lowest BCUT2D eigenvalue weighted by Gasteiger charge is -2.07. The van der Waals surface area contributed by atoms with Gasteiger partial charge in [0.1, 0.15) is 6.61 Å². The van der Waals surface area contributed by atoms with Crippen LogP contribution in [-0.2, 0) is 0 Å². The summed E-state index contributed by atoms with van der Waals surface area (Å²) in [5.74, 6) is 0. The van der Waals surface area contributed by atoms with E-state index in [-0.39, 0.29) is 11.5 Å². The quantitative estimate of drug-likeness (QED) is 0.910. The highest BCUT2D eigenvalue weighted by molar-refractivity contribution is 5.76. The Morgan fingerprint density at radius 3 is 2.89 bits per heavy atom. The van der Waals surface area contributed by atoms with Crippen LogP contribution in [0.1, 0.15) is 6.42 Å². The summed E-state index contributed by atoms with van der Waals surface area (Å²) >= 11 is 0. The highest BCUT2D eigenvalue weighted by atomic mass is 19.4. The molecule has 5 nitrogen and oxygen atoms in total. The minimum atomic E-state index is -4.31. The molecule has 96 valence electrons. The molecule has 2 rings (SSSR count). The summed E-state index contributed by atoms with van der Waals surface area (Å²) in [6.07, 6.45) is -2.66. The van der Waals surface area contributed by atoms with Crippen molar-refractivity contribution >= 4 is 10.9 Å². The van der Waals surface area contributed by atoms with E-state index >= 15 is 0 Å². The Morgan fingerprint density at radius 2 is 2.17 bits per heavy atom. The van der Waals surface area contributed by atoms with E-state index in [0.717, 1.165) is 0 Å². The van der Waals surface area contributed by atoms with Crippen LogP contribution in [0.25, 0.3) is 10.9 Å². The molecule has 0 fully saturated rings. The Balaban J connectivity index is 2.17. The number of fused-ring (bicyclic) bond motifs is 1. The third kappa shape index (κ3) is 2.96. The van der Waals surface area contributed by atoms with Crippen LogP contribution in [-0.4, -0.2) is 27.7 Å². The standard InChI is InChI=1S/C10H8F3N3O2/c11-10(12,13)2-4-18-9-15-7-5-14-3-1-6(7)8(17)16-9/h1,3,5H,2,4H2,(H,15,16,17). The molecular weight excluding hydrogens is 251 g/mol. The Kier molecular flexibility index (Phi) is 3.17. The summed E-state index contributed by atoms with van der Waals surface area (Å²) in [6, 6.07) is 1.21. The first-order chi connectivity index (χ1) is 8.46. The molecule has 0 saturated heterocycles. The highest BCUT2D eigenvalue weighted by Crippen LogP contribution is 2.19. The van der Waals surface area contributed by atoms with Gasteiger partial charge in [-0.3, -0.25) is 14.8 Å². The van der Waals surface area contributed by atoms with Gasteiger partial charge in [0, 0.05) is 6.20 Å². The normalized spacial score (nSPS) is 11.7. The molecule has 0 atom stereocenters. The van der Waals surface area contributed by atoms with E-state index in [0.29, 0.717) is 5.39 Å². The summed E-state index contributed by atoms with van der Waals surface area (Å²) in [5.41, 5.74) is -0.215. The maximum Gasteiger partial charge on any atom is 0.392 e. The van der Waals surface area contributed by atoms with Gasteiger partial charge in [-0.1, -0.05) is 0 Å². The van der Waals surface area contributed by atoms with Crippen molar-refractivity contribution in [1.29, 1.82) is 0 Å². The average molecular weight is 259 g/mol.